The van der Waals surface area contributed by atoms with E-state index in [0.717, 1.165) is 0 Å². The average Bonchev–Trinajstić information content (AvgIpc) is 2.68. The summed E-state index contributed by atoms with van der Waals surface area (Å²) in [5.41, 5.74) is 1.42. The fraction of sp³-hybridized carbons (Fsp3) is 0.250. The summed E-state index contributed by atoms with van der Waals surface area (Å²) in [6, 6.07) is 8.69. The minimum absolute atomic E-state index is 0.157. The van der Waals surface area contributed by atoms with E-state index in [4.69, 9.17) is 23.4 Å². The van der Waals surface area contributed by atoms with Gasteiger partial charge in [0.15, 0.2) is 16.9 Å². The molecule has 3 aromatic rings. The van der Waals surface area contributed by atoms with Crippen molar-refractivity contribution >= 4 is 11.0 Å². The molecular weight excluding hydrogens is 336 g/mol. The highest BCUT2D eigenvalue weighted by Gasteiger charge is 2.18. The van der Waals surface area contributed by atoms with Crippen molar-refractivity contribution in [3.8, 4) is 34.3 Å². The Morgan fingerprint density at radius 3 is 2.12 bits per heavy atom. The Kier molecular flexibility index (Phi) is 4.75. The van der Waals surface area contributed by atoms with Gasteiger partial charge >= 0.3 is 0 Å². The quantitative estimate of drug-likeness (QED) is 0.693. The lowest BCUT2D eigenvalue weighted by Gasteiger charge is -2.13. The fourth-order valence-electron chi connectivity index (χ4n) is 2.88. The maximum Gasteiger partial charge on any atom is 0.199 e. The van der Waals surface area contributed by atoms with E-state index in [9.17, 15) is 4.79 Å². The zero-order chi connectivity index (χ0) is 18.8. The molecule has 3 rings (SSSR count). The van der Waals surface area contributed by atoms with Crippen LogP contribution in [0.4, 0.5) is 0 Å². The summed E-state index contributed by atoms with van der Waals surface area (Å²) in [6.07, 6.45) is 0. The summed E-state index contributed by atoms with van der Waals surface area (Å²) in [6.45, 7) is 1.72. The fourth-order valence-corrected chi connectivity index (χ4v) is 2.88. The third-order valence-corrected chi connectivity index (χ3v) is 4.26. The summed E-state index contributed by atoms with van der Waals surface area (Å²) in [4.78, 5) is 12.9. The van der Waals surface area contributed by atoms with Crippen molar-refractivity contribution in [3.05, 3.63) is 46.1 Å². The second kappa shape index (κ2) is 7.00. The van der Waals surface area contributed by atoms with Crippen LogP contribution in [0.15, 0.2) is 39.5 Å². The maximum absolute atomic E-state index is 12.9. The smallest absolute Gasteiger partial charge is 0.199 e. The van der Waals surface area contributed by atoms with Crippen molar-refractivity contribution in [1.82, 2.24) is 0 Å². The van der Waals surface area contributed by atoms with Gasteiger partial charge in [0.05, 0.1) is 28.4 Å². The molecule has 0 radical (unpaired) electrons. The summed E-state index contributed by atoms with van der Waals surface area (Å²) < 4.78 is 27.3. The first-order valence-corrected chi connectivity index (χ1v) is 7.95. The predicted molar refractivity (Wildman–Crippen MR) is 98.9 cm³/mol. The summed E-state index contributed by atoms with van der Waals surface area (Å²) in [5, 5.41) is 0.384. The Morgan fingerprint density at radius 2 is 1.50 bits per heavy atom. The van der Waals surface area contributed by atoms with Crippen LogP contribution in [0, 0.1) is 6.92 Å². The van der Waals surface area contributed by atoms with Gasteiger partial charge in [0.2, 0.25) is 0 Å². The minimum Gasteiger partial charge on any atom is -0.496 e. The number of methoxy groups -OCH3 is 4. The van der Waals surface area contributed by atoms with Gasteiger partial charge < -0.3 is 23.4 Å². The van der Waals surface area contributed by atoms with Gasteiger partial charge in [-0.1, -0.05) is 0 Å². The molecule has 0 atom stereocenters. The summed E-state index contributed by atoms with van der Waals surface area (Å²) >= 11 is 0. The Labute approximate surface area is 150 Å². The van der Waals surface area contributed by atoms with Gasteiger partial charge in [0.1, 0.15) is 28.2 Å². The first kappa shape index (κ1) is 17.7. The lowest BCUT2D eigenvalue weighted by atomic mass is 10.0. The van der Waals surface area contributed by atoms with Crippen molar-refractivity contribution < 1.29 is 23.4 Å². The monoisotopic (exact) mass is 356 g/mol. The largest absolute Gasteiger partial charge is 0.496 e. The van der Waals surface area contributed by atoms with Crippen molar-refractivity contribution in [1.29, 1.82) is 0 Å². The van der Waals surface area contributed by atoms with Crippen LogP contribution in [0.3, 0.4) is 0 Å². The SMILES string of the molecule is COc1cc(OC)c2c(=O)c(C)c(-c3ccc(OC)c(OC)c3)oc2c1. The van der Waals surface area contributed by atoms with Crippen LogP contribution < -0.4 is 24.4 Å². The maximum atomic E-state index is 12.9. The zero-order valence-corrected chi connectivity index (χ0v) is 15.3. The molecule has 2 aromatic carbocycles. The van der Waals surface area contributed by atoms with E-state index >= 15 is 0 Å². The topological polar surface area (TPSA) is 67.1 Å². The molecule has 1 heterocycles. The number of fused-ring (bicyclic) bond motifs is 1. The molecule has 0 saturated carbocycles. The van der Waals surface area contributed by atoms with Gasteiger partial charge in [0, 0.05) is 23.3 Å². The van der Waals surface area contributed by atoms with E-state index < -0.39 is 0 Å². The first-order valence-electron chi connectivity index (χ1n) is 7.95. The predicted octanol–water partition coefficient (Wildman–Crippen LogP) is 3.80. The normalized spacial score (nSPS) is 10.7. The van der Waals surface area contributed by atoms with Gasteiger partial charge in [-0.25, -0.2) is 0 Å². The Balaban J connectivity index is 2.31. The standard InChI is InChI=1S/C20H20O6/c1-11-19(21)18-16(25-5)9-13(22-2)10-17(18)26-20(11)12-6-7-14(23-3)15(8-12)24-4/h6-10H,1-5H3. The van der Waals surface area contributed by atoms with Gasteiger partial charge in [-0.3, -0.25) is 4.79 Å². The average molecular weight is 356 g/mol. The molecule has 0 fully saturated rings. The van der Waals surface area contributed by atoms with Crippen LogP contribution in [0.25, 0.3) is 22.3 Å². The van der Waals surface area contributed by atoms with E-state index in [2.05, 4.69) is 0 Å². The molecule has 0 bridgehead atoms. The summed E-state index contributed by atoms with van der Waals surface area (Å²) in [7, 11) is 6.17. The third kappa shape index (κ3) is 2.83. The number of benzene rings is 2. The van der Waals surface area contributed by atoms with Gasteiger partial charge in [-0.05, 0) is 25.1 Å². The lowest BCUT2D eigenvalue weighted by molar-refractivity contribution is 0.355. The van der Waals surface area contributed by atoms with Crippen LogP contribution >= 0.6 is 0 Å². The summed E-state index contributed by atoms with van der Waals surface area (Å²) in [5.74, 6) is 2.56. The number of ether oxygens (including phenoxy) is 4. The molecule has 0 aliphatic carbocycles. The van der Waals surface area contributed by atoms with Crippen molar-refractivity contribution in [2.45, 2.75) is 6.92 Å². The van der Waals surface area contributed by atoms with E-state index in [1.165, 1.54) is 7.11 Å². The molecule has 0 aliphatic rings. The molecule has 136 valence electrons. The second-order valence-electron chi connectivity index (χ2n) is 5.66. The van der Waals surface area contributed by atoms with Crippen molar-refractivity contribution in [2.75, 3.05) is 28.4 Å². The molecule has 0 N–H and O–H groups in total. The third-order valence-electron chi connectivity index (χ3n) is 4.26. The second-order valence-corrected chi connectivity index (χ2v) is 5.66. The zero-order valence-electron chi connectivity index (χ0n) is 15.3. The molecular formula is C20H20O6. The van der Waals surface area contributed by atoms with E-state index in [0.29, 0.717) is 50.9 Å². The molecule has 6 heteroatoms. The first-order chi connectivity index (χ1) is 12.5. The highest BCUT2D eigenvalue weighted by Crippen LogP contribution is 2.36. The Bertz CT molecular complexity index is 1020. The number of hydrogen-bond acceptors (Lipinski definition) is 6. The Hall–Kier alpha value is -3.15. The molecule has 0 unspecified atom stereocenters. The van der Waals surface area contributed by atoms with Crippen molar-refractivity contribution in [2.24, 2.45) is 0 Å². The lowest BCUT2D eigenvalue weighted by Crippen LogP contribution is -2.09. The van der Waals surface area contributed by atoms with Crippen LogP contribution in [0.2, 0.25) is 0 Å². The van der Waals surface area contributed by atoms with E-state index in [1.807, 2.05) is 6.07 Å². The van der Waals surface area contributed by atoms with Crippen LogP contribution in [0.5, 0.6) is 23.0 Å². The van der Waals surface area contributed by atoms with E-state index in [1.54, 1.807) is 52.5 Å². The van der Waals surface area contributed by atoms with Gasteiger partial charge in [-0.15, -0.1) is 0 Å². The molecule has 6 nitrogen and oxygen atoms in total. The minimum atomic E-state index is -0.157. The van der Waals surface area contributed by atoms with Crippen LogP contribution in [-0.2, 0) is 0 Å². The molecule has 0 aliphatic heterocycles. The molecule has 0 spiro atoms. The van der Waals surface area contributed by atoms with Gasteiger partial charge in [0.25, 0.3) is 0 Å². The van der Waals surface area contributed by atoms with Crippen LogP contribution in [-0.4, -0.2) is 28.4 Å². The molecule has 0 saturated heterocycles. The highest BCUT2D eigenvalue weighted by atomic mass is 16.5. The number of rotatable bonds is 5. The Morgan fingerprint density at radius 1 is 0.808 bits per heavy atom. The molecule has 0 amide bonds. The van der Waals surface area contributed by atoms with E-state index in [-0.39, 0.29) is 5.43 Å². The molecule has 1 aromatic heterocycles. The van der Waals surface area contributed by atoms with Gasteiger partial charge in [-0.2, -0.15) is 0 Å². The van der Waals surface area contributed by atoms with Crippen LogP contribution in [0.1, 0.15) is 5.56 Å². The molecule has 26 heavy (non-hydrogen) atoms. The highest BCUT2D eigenvalue weighted by molar-refractivity contribution is 5.87. The van der Waals surface area contributed by atoms with Crippen molar-refractivity contribution in [3.63, 3.8) is 0 Å². The number of hydrogen-bond donors (Lipinski definition) is 0.